The number of ether oxygens (including phenoxy) is 2. The highest BCUT2D eigenvalue weighted by Crippen LogP contribution is 2.14. The normalized spacial score (nSPS) is 13.8. The van der Waals surface area contributed by atoms with Crippen LogP contribution < -0.4 is 15.4 Å². The Kier molecular flexibility index (Phi) is 6.44. The number of methoxy groups -OCH3 is 1. The van der Waals surface area contributed by atoms with Crippen LogP contribution in [0.1, 0.15) is 6.92 Å². The number of benzene rings is 1. The molecule has 0 aliphatic carbocycles. The van der Waals surface area contributed by atoms with Gasteiger partial charge in [0.15, 0.2) is 0 Å². The second-order valence-corrected chi connectivity index (χ2v) is 5.29. The Labute approximate surface area is 145 Å². The number of carbonyl (C=O) groups excluding carboxylic acids is 3. The molecule has 0 unspecified atom stereocenters. The molecular weight excluding hydrogens is 328 g/mol. The lowest BCUT2D eigenvalue weighted by molar-refractivity contribution is 0.0855. The zero-order valence-corrected chi connectivity index (χ0v) is 14.3. The molecule has 1 aromatic carbocycles. The number of hydrogen-bond donors (Lipinski definition) is 2. The number of hydrogen-bond acceptors (Lipinski definition) is 5. The van der Waals surface area contributed by atoms with Gasteiger partial charge in [0.05, 0.1) is 13.7 Å². The Morgan fingerprint density at radius 2 is 1.64 bits per heavy atom. The quantitative estimate of drug-likeness (QED) is 0.864. The standard InChI is InChI=1S/C16H22N4O5/c1-3-25-16(23)20-10-8-19(9-11-20)15(22)18-14(21)17-12-4-6-13(24-2)7-5-12/h4-7H,3,8-11H2,1-2H3,(H2,17,18,21,22). The van der Waals surface area contributed by atoms with Gasteiger partial charge in [-0.3, -0.25) is 5.32 Å². The third-order valence-corrected chi connectivity index (χ3v) is 3.66. The van der Waals surface area contributed by atoms with Crippen molar-refractivity contribution in [1.29, 1.82) is 0 Å². The largest absolute Gasteiger partial charge is 0.497 e. The van der Waals surface area contributed by atoms with Crippen LogP contribution in [0.3, 0.4) is 0 Å². The van der Waals surface area contributed by atoms with Gasteiger partial charge < -0.3 is 24.6 Å². The molecule has 1 saturated heterocycles. The van der Waals surface area contributed by atoms with E-state index in [0.717, 1.165) is 0 Å². The topological polar surface area (TPSA) is 100 Å². The van der Waals surface area contributed by atoms with E-state index in [-0.39, 0.29) is 6.09 Å². The summed E-state index contributed by atoms with van der Waals surface area (Å²) in [4.78, 5) is 38.6. The first-order valence-corrected chi connectivity index (χ1v) is 7.96. The van der Waals surface area contributed by atoms with E-state index in [1.807, 2.05) is 0 Å². The van der Waals surface area contributed by atoms with Crippen LogP contribution >= 0.6 is 0 Å². The van der Waals surface area contributed by atoms with Gasteiger partial charge in [0.25, 0.3) is 0 Å². The van der Waals surface area contributed by atoms with Crippen LogP contribution in [-0.4, -0.2) is 67.9 Å². The molecule has 2 N–H and O–H groups in total. The zero-order valence-electron chi connectivity index (χ0n) is 14.3. The third kappa shape index (κ3) is 5.27. The Balaban J connectivity index is 1.77. The summed E-state index contributed by atoms with van der Waals surface area (Å²) in [5.74, 6) is 0.668. The van der Waals surface area contributed by atoms with Gasteiger partial charge in [-0.15, -0.1) is 0 Å². The van der Waals surface area contributed by atoms with Crippen molar-refractivity contribution >= 4 is 23.8 Å². The SMILES string of the molecule is CCOC(=O)N1CCN(C(=O)NC(=O)Nc2ccc(OC)cc2)CC1. The number of nitrogens with zero attached hydrogens (tertiary/aromatic N) is 2. The average Bonchev–Trinajstić information content (AvgIpc) is 2.62. The molecule has 0 aromatic heterocycles. The summed E-state index contributed by atoms with van der Waals surface area (Å²) in [6.45, 7) is 3.45. The van der Waals surface area contributed by atoms with E-state index < -0.39 is 12.1 Å². The van der Waals surface area contributed by atoms with Gasteiger partial charge in [-0.25, -0.2) is 14.4 Å². The predicted octanol–water partition coefficient (Wildman–Crippen LogP) is 1.71. The molecule has 9 nitrogen and oxygen atoms in total. The number of piperazine rings is 1. The molecule has 9 heteroatoms. The van der Waals surface area contributed by atoms with E-state index in [4.69, 9.17) is 9.47 Å². The number of rotatable bonds is 3. The molecule has 2 rings (SSSR count). The number of anilines is 1. The number of carbonyl (C=O) groups is 3. The third-order valence-electron chi connectivity index (χ3n) is 3.66. The van der Waals surface area contributed by atoms with Crippen molar-refractivity contribution in [3.8, 4) is 5.75 Å². The highest BCUT2D eigenvalue weighted by atomic mass is 16.6. The van der Waals surface area contributed by atoms with Crippen molar-refractivity contribution in [3.63, 3.8) is 0 Å². The van der Waals surface area contributed by atoms with Crippen molar-refractivity contribution in [2.24, 2.45) is 0 Å². The molecule has 0 bridgehead atoms. The van der Waals surface area contributed by atoms with Gasteiger partial charge in [-0.05, 0) is 31.2 Å². The van der Waals surface area contributed by atoms with Crippen LogP contribution in [-0.2, 0) is 4.74 Å². The van der Waals surface area contributed by atoms with Gasteiger partial charge in [0.1, 0.15) is 5.75 Å². The predicted molar refractivity (Wildman–Crippen MR) is 90.7 cm³/mol. The van der Waals surface area contributed by atoms with Gasteiger partial charge in [0, 0.05) is 31.9 Å². The van der Waals surface area contributed by atoms with Crippen LogP contribution in [0.25, 0.3) is 0 Å². The van der Waals surface area contributed by atoms with Crippen molar-refractivity contribution in [2.75, 3.05) is 45.2 Å². The summed E-state index contributed by atoms with van der Waals surface area (Å²) in [7, 11) is 1.55. The fourth-order valence-corrected chi connectivity index (χ4v) is 2.32. The van der Waals surface area contributed by atoms with E-state index in [0.29, 0.717) is 44.2 Å². The second-order valence-electron chi connectivity index (χ2n) is 5.29. The Morgan fingerprint density at radius 1 is 1.04 bits per heavy atom. The van der Waals surface area contributed by atoms with Crippen LogP contribution in [0, 0.1) is 0 Å². The molecule has 0 saturated carbocycles. The minimum absolute atomic E-state index is 0.311. The number of nitrogens with one attached hydrogen (secondary N) is 2. The van der Waals surface area contributed by atoms with Crippen LogP contribution in [0.2, 0.25) is 0 Å². The molecule has 25 heavy (non-hydrogen) atoms. The molecule has 1 aliphatic rings. The van der Waals surface area contributed by atoms with Gasteiger partial charge >= 0.3 is 18.2 Å². The first-order valence-electron chi connectivity index (χ1n) is 7.96. The van der Waals surface area contributed by atoms with E-state index in [1.165, 1.54) is 9.80 Å². The summed E-state index contributed by atoms with van der Waals surface area (Å²) in [6.07, 6.45) is -0.389. The Bertz CT molecular complexity index is 611. The lowest BCUT2D eigenvalue weighted by atomic mass is 10.3. The van der Waals surface area contributed by atoms with Crippen LogP contribution in [0.5, 0.6) is 5.75 Å². The summed E-state index contributed by atoms with van der Waals surface area (Å²) >= 11 is 0. The lowest BCUT2D eigenvalue weighted by Crippen LogP contribution is -2.54. The monoisotopic (exact) mass is 350 g/mol. The maximum absolute atomic E-state index is 12.1. The summed E-state index contributed by atoms with van der Waals surface area (Å²) < 4.78 is 9.95. The Hall–Kier alpha value is -2.97. The zero-order chi connectivity index (χ0) is 18.2. The van der Waals surface area contributed by atoms with E-state index in [2.05, 4.69) is 10.6 Å². The van der Waals surface area contributed by atoms with Crippen molar-refractivity contribution in [1.82, 2.24) is 15.1 Å². The van der Waals surface area contributed by atoms with E-state index in [9.17, 15) is 14.4 Å². The van der Waals surface area contributed by atoms with Gasteiger partial charge in [-0.2, -0.15) is 0 Å². The summed E-state index contributed by atoms with van der Waals surface area (Å²) in [5.41, 5.74) is 0.540. The van der Waals surface area contributed by atoms with Crippen LogP contribution in [0.4, 0.5) is 20.1 Å². The summed E-state index contributed by atoms with van der Waals surface area (Å²) in [6, 6.07) is 5.61. The molecule has 1 aromatic rings. The number of imide groups is 1. The number of urea groups is 2. The first-order chi connectivity index (χ1) is 12.0. The van der Waals surface area contributed by atoms with Crippen LogP contribution in [0.15, 0.2) is 24.3 Å². The molecule has 1 fully saturated rings. The highest BCUT2D eigenvalue weighted by Gasteiger charge is 2.25. The molecule has 1 aliphatic heterocycles. The second kappa shape index (κ2) is 8.76. The van der Waals surface area contributed by atoms with Gasteiger partial charge in [0.2, 0.25) is 0 Å². The maximum atomic E-state index is 12.1. The maximum Gasteiger partial charge on any atom is 0.409 e. The first kappa shape index (κ1) is 18.4. The van der Waals surface area contributed by atoms with E-state index in [1.54, 1.807) is 38.3 Å². The van der Waals surface area contributed by atoms with Crippen molar-refractivity contribution in [2.45, 2.75) is 6.92 Å². The Morgan fingerprint density at radius 3 is 2.20 bits per heavy atom. The smallest absolute Gasteiger partial charge is 0.409 e. The molecule has 1 heterocycles. The van der Waals surface area contributed by atoms with Gasteiger partial charge in [-0.1, -0.05) is 0 Å². The molecule has 0 atom stereocenters. The highest BCUT2D eigenvalue weighted by molar-refractivity contribution is 6.00. The van der Waals surface area contributed by atoms with E-state index >= 15 is 0 Å². The fourth-order valence-electron chi connectivity index (χ4n) is 2.32. The van der Waals surface area contributed by atoms with Crippen molar-refractivity contribution < 1.29 is 23.9 Å². The summed E-state index contributed by atoms with van der Waals surface area (Å²) in [5, 5.41) is 4.84. The lowest BCUT2D eigenvalue weighted by Gasteiger charge is -2.33. The molecular formula is C16H22N4O5. The minimum atomic E-state index is -0.622. The average molecular weight is 350 g/mol. The minimum Gasteiger partial charge on any atom is -0.497 e. The molecule has 0 radical (unpaired) electrons. The molecule has 136 valence electrons. The fraction of sp³-hybridized carbons (Fsp3) is 0.438. The van der Waals surface area contributed by atoms with Crippen molar-refractivity contribution in [3.05, 3.63) is 24.3 Å². The molecule has 0 spiro atoms. The number of amides is 5. The molecule has 5 amide bonds.